The molecule has 136 valence electrons. The van der Waals surface area contributed by atoms with Crippen LogP contribution in [0.3, 0.4) is 0 Å². The van der Waals surface area contributed by atoms with Crippen molar-refractivity contribution in [3.8, 4) is 16.8 Å². The molecular weight excluding hydrogens is 357 g/mol. The molecule has 0 aliphatic carbocycles. The molecule has 0 saturated carbocycles. The molecule has 1 N–H and O–H groups in total. The quantitative estimate of drug-likeness (QED) is 0.552. The molecule has 0 spiro atoms. The SMILES string of the molecule is O=C(O)Cc1ccc(-n2cnc3cc(-c4ccc(F)cc4F)ccc32)cc1.[LiH]. The normalized spacial score (nSPS) is 10.6. The van der Waals surface area contributed by atoms with Gasteiger partial charge in [0.1, 0.15) is 18.0 Å². The van der Waals surface area contributed by atoms with E-state index in [1.807, 2.05) is 22.8 Å². The minimum absolute atomic E-state index is 0. The number of rotatable bonds is 4. The van der Waals surface area contributed by atoms with Crippen LogP contribution in [0.25, 0.3) is 27.8 Å². The Morgan fingerprint density at radius 1 is 1.00 bits per heavy atom. The summed E-state index contributed by atoms with van der Waals surface area (Å²) in [5, 5.41) is 8.85. The van der Waals surface area contributed by atoms with E-state index in [0.29, 0.717) is 22.2 Å². The third-order valence-corrected chi connectivity index (χ3v) is 4.36. The van der Waals surface area contributed by atoms with Gasteiger partial charge in [-0.05, 0) is 47.5 Å². The van der Waals surface area contributed by atoms with Gasteiger partial charge >= 0.3 is 24.8 Å². The number of carboxylic acids is 1. The van der Waals surface area contributed by atoms with Gasteiger partial charge in [0.05, 0.1) is 17.5 Å². The van der Waals surface area contributed by atoms with Crippen LogP contribution in [0, 0.1) is 11.6 Å². The zero-order chi connectivity index (χ0) is 19.0. The molecule has 0 fully saturated rings. The van der Waals surface area contributed by atoms with E-state index >= 15 is 0 Å². The van der Waals surface area contributed by atoms with Gasteiger partial charge in [-0.2, -0.15) is 0 Å². The van der Waals surface area contributed by atoms with Crippen LogP contribution >= 0.6 is 0 Å². The molecule has 28 heavy (non-hydrogen) atoms. The maximum atomic E-state index is 14.0. The van der Waals surface area contributed by atoms with Gasteiger partial charge in [-0.25, -0.2) is 13.8 Å². The molecule has 0 bridgehead atoms. The summed E-state index contributed by atoms with van der Waals surface area (Å²) >= 11 is 0. The summed E-state index contributed by atoms with van der Waals surface area (Å²) in [7, 11) is 0. The zero-order valence-electron chi connectivity index (χ0n) is 14.1. The number of hydrogen-bond acceptors (Lipinski definition) is 2. The van der Waals surface area contributed by atoms with Crippen molar-refractivity contribution in [2.45, 2.75) is 6.42 Å². The van der Waals surface area contributed by atoms with Gasteiger partial charge in [0, 0.05) is 17.3 Å². The molecular formula is C21H15F2LiN2O2. The Labute approximate surface area is 171 Å². The zero-order valence-corrected chi connectivity index (χ0v) is 14.1. The number of halogens is 2. The Bertz CT molecular complexity index is 1160. The van der Waals surface area contributed by atoms with Crippen LogP contribution in [0.4, 0.5) is 8.78 Å². The van der Waals surface area contributed by atoms with Crippen LogP contribution in [-0.4, -0.2) is 39.5 Å². The molecule has 3 aromatic carbocycles. The average Bonchev–Trinajstić information content (AvgIpc) is 3.05. The molecule has 4 aromatic rings. The van der Waals surface area contributed by atoms with E-state index < -0.39 is 17.6 Å². The second-order valence-corrected chi connectivity index (χ2v) is 6.18. The first kappa shape index (κ1) is 19.8. The molecule has 4 nitrogen and oxygen atoms in total. The van der Waals surface area contributed by atoms with Crippen LogP contribution < -0.4 is 0 Å². The number of carboxylic acid groups (broad SMARTS) is 1. The number of hydrogen-bond donors (Lipinski definition) is 1. The van der Waals surface area contributed by atoms with Gasteiger partial charge in [-0.1, -0.05) is 18.2 Å². The van der Waals surface area contributed by atoms with E-state index in [1.165, 1.54) is 12.1 Å². The fraction of sp³-hybridized carbons (Fsp3) is 0.0476. The van der Waals surface area contributed by atoms with E-state index in [0.717, 1.165) is 17.3 Å². The number of imidazole rings is 1. The number of fused-ring (bicyclic) bond motifs is 1. The predicted octanol–water partition coefficient (Wildman–Crippen LogP) is 3.95. The van der Waals surface area contributed by atoms with Crippen molar-refractivity contribution in [2.24, 2.45) is 0 Å². The molecule has 0 aliphatic heterocycles. The summed E-state index contributed by atoms with van der Waals surface area (Å²) < 4.78 is 29.0. The summed E-state index contributed by atoms with van der Waals surface area (Å²) in [5.74, 6) is -2.12. The molecule has 0 saturated heterocycles. The van der Waals surface area contributed by atoms with E-state index in [-0.39, 0.29) is 25.3 Å². The van der Waals surface area contributed by atoms with E-state index in [9.17, 15) is 13.6 Å². The Hall–Kier alpha value is -2.94. The third-order valence-electron chi connectivity index (χ3n) is 4.36. The molecule has 0 atom stereocenters. The Morgan fingerprint density at radius 3 is 2.43 bits per heavy atom. The molecule has 0 amide bonds. The van der Waals surface area contributed by atoms with Gasteiger partial charge in [0.15, 0.2) is 0 Å². The van der Waals surface area contributed by atoms with Crippen molar-refractivity contribution >= 4 is 35.9 Å². The van der Waals surface area contributed by atoms with Crippen molar-refractivity contribution < 1.29 is 18.7 Å². The Balaban J connectivity index is 0.00000225. The Kier molecular flexibility index (Phi) is 5.64. The van der Waals surface area contributed by atoms with Gasteiger partial charge in [-0.3, -0.25) is 9.36 Å². The first-order chi connectivity index (χ1) is 13.0. The van der Waals surface area contributed by atoms with Crippen LogP contribution in [0.2, 0.25) is 0 Å². The van der Waals surface area contributed by atoms with E-state index in [1.54, 1.807) is 30.6 Å². The Morgan fingerprint density at radius 2 is 1.75 bits per heavy atom. The fourth-order valence-electron chi connectivity index (χ4n) is 3.06. The molecule has 4 rings (SSSR count). The second-order valence-electron chi connectivity index (χ2n) is 6.18. The standard InChI is InChI=1S/C21H14F2N2O2.Li.H/c22-15-4-7-17(18(23)11-15)14-3-8-20-19(10-14)24-12-25(20)16-5-1-13(2-6-16)9-21(26)27;;/h1-8,10-12H,9H2,(H,26,27);;. The fourth-order valence-corrected chi connectivity index (χ4v) is 3.06. The first-order valence-electron chi connectivity index (χ1n) is 8.25. The first-order valence-corrected chi connectivity index (χ1v) is 8.25. The number of benzene rings is 3. The second kappa shape index (κ2) is 7.97. The molecule has 7 heteroatoms. The van der Waals surface area contributed by atoms with Crippen molar-refractivity contribution in [1.29, 1.82) is 0 Å². The van der Waals surface area contributed by atoms with E-state index in [2.05, 4.69) is 4.98 Å². The molecule has 1 heterocycles. The summed E-state index contributed by atoms with van der Waals surface area (Å²) in [4.78, 5) is 15.2. The van der Waals surface area contributed by atoms with Crippen molar-refractivity contribution in [1.82, 2.24) is 9.55 Å². The predicted molar refractivity (Wildman–Crippen MR) is 105 cm³/mol. The van der Waals surface area contributed by atoms with Crippen molar-refractivity contribution in [3.05, 3.63) is 84.2 Å². The summed E-state index contributed by atoms with van der Waals surface area (Å²) in [5.41, 5.74) is 3.98. The van der Waals surface area contributed by atoms with Crippen molar-refractivity contribution in [2.75, 3.05) is 0 Å². The minimum atomic E-state index is -0.878. The molecule has 0 radical (unpaired) electrons. The summed E-state index contributed by atoms with van der Waals surface area (Å²) in [6.07, 6.45) is 1.62. The van der Waals surface area contributed by atoms with Gasteiger partial charge in [0.25, 0.3) is 0 Å². The number of aromatic nitrogens is 2. The molecule has 1 aromatic heterocycles. The molecule has 0 unspecified atom stereocenters. The van der Waals surface area contributed by atoms with Crippen LogP contribution in [0.15, 0.2) is 67.0 Å². The van der Waals surface area contributed by atoms with E-state index in [4.69, 9.17) is 5.11 Å². The number of carbonyl (C=O) groups is 1. The average molecular weight is 372 g/mol. The number of nitrogens with zero attached hydrogens (tertiary/aromatic N) is 2. The van der Waals surface area contributed by atoms with Gasteiger partial charge in [0.2, 0.25) is 0 Å². The number of aliphatic carboxylic acids is 1. The summed E-state index contributed by atoms with van der Waals surface area (Å²) in [6, 6.07) is 16.0. The topological polar surface area (TPSA) is 55.1 Å². The van der Waals surface area contributed by atoms with Crippen LogP contribution in [0.5, 0.6) is 0 Å². The monoisotopic (exact) mass is 372 g/mol. The van der Waals surface area contributed by atoms with Gasteiger partial charge in [-0.15, -0.1) is 0 Å². The maximum absolute atomic E-state index is 14.0. The molecule has 0 aliphatic rings. The van der Waals surface area contributed by atoms with Crippen LogP contribution in [0.1, 0.15) is 5.56 Å². The van der Waals surface area contributed by atoms with Crippen molar-refractivity contribution in [3.63, 3.8) is 0 Å². The third kappa shape index (κ3) is 3.84. The van der Waals surface area contributed by atoms with Crippen LogP contribution in [-0.2, 0) is 11.2 Å². The van der Waals surface area contributed by atoms with Gasteiger partial charge < -0.3 is 5.11 Å². The summed E-state index contributed by atoms with van der Waals surface area (Å²) in [6.45, 7) is 0.